The van der Waals surface area contributed by atoms with Crippen LogP contribution in [0.15, 0.2) is 48.9 Å². The molecule has 4 rings (SSSR count). The van der Waals surface area contributed by atoms with Crippen molar-refractivity contribution in [2.24, 2.45) is 7.05 Å². The molecule has 0 spiro atoms. The summed E-state index contributed by atoms with van der Waals surface area (Å²) in [5.74, 6) is -0.0605. The van der Waals surface area contributed by atoms with E-state index in [0.29, 0.717) is 17.1 Å². The highest BCUT2D eigenvalue weighted by atomic mass is 35.5. The Balaban J connectivity index is 0.00000240. The van der Waals surface area contributed by atoms with Crippen molar-refractivity contribution >= 4 is 18.3 Å². The number of nitrogens with one attached hydrogen (secondary N) is 2. The van der Waals surface area contributed by atoms with Crippen LogP contribution in [-0.4, -0.2) is 38.3 Å². The lowest BCUT2D eigenvalue weighted by molar-refractivity contribution is 0.0934. The number of aryl methyl sites for hydroxylation is 1. The average molecular weight is 419 g/mol. The Bertz CT molecular complexity index is 965. The van der Waals surface area contributed by atoms with E-state index in [1.807, 2.05) is 22.5 Å². The fourth-order valence-corrected chi connectivity index (χ4v) is 3.57. The van der Waals surface area contributed by atoms with Crippen LogP contribution in [0.1, 0.15) is 46.8 Å². The second-order valence-corrected chi connectivity index (χ2v) is 7.04. The first-order valence-corrected chi connectivity index (χ1v) is 9.41. The number of hydrogen-bond donors (Lipinski definition) is 2. The molecule has 9 heteroatoms. The van der Waals surface area contributed by atoms with Gasteiger partial charge >= 0.3 is 0 Å². The summed E-state index contributed by atoms with van der Waals surface area (Å²) in [4.78, 5) is 17.2. The molecule has 1 fully saturated rings. The van der Waals surface area contributed by atoms with Gasteiger partial charge in [-0.25, -0.2) is 9.37 Å². The van der Waals surface area contributed by atoms with Crippen molar-refractivity contribution < 1.29 is 9.18 Å². The number of nitrogens with zero attached hydrogens (tertiary/aromatic N) is 4. The zero-order valence-electron chi connectivity index (χ0n) is 16.1. The molecule has 1 aliphatic rings. The van der Waals surface area contributed by atoms with Gasteiger partial charge < -0.3 is 15.2 Å². The van der Waals surface area contributed by atoms with Gasteiger partial charge in [0.05, 0.1) is 6.04 Å². The third-order valence-corrected chi connectivity index (χ3v) is 5.06. The molecule has 3 heterocycles. The van der Waals surface area contributed by atoms with E-state index in [9.17, 15) is 9.18 Å². The van der Waals surface area contributed by atoms with E-state index in [0.717, 1.165) is 25.9 Å². The van der Waals surface area contributed by atoms with Crippen molar-refractivity contribution in [1.29, 1.82) is 0 Å². The lowest BCUT2D eigenvalue weighted by Crippen LogP contribution is -2.33. The topological polar surface area (TPSA) is 76.8 Å². The Morgan fingerprint density at radius 2 is 2.21 bits per heavy atom. The van der Waals surface area contributed by atoms with E-state index >= 15 is 0 Å². The van der Waals surface area contributed by atoms with Gasteiger partial charge in [0.25, 0.3) is 5.91 Å². The second kappa shape index (κ2) is 9.19. The second-order valence-electron chi connectivity index (χ2n) is 7.04. The maximum Gasteiger partial charge on any atom is 0.272 e. The molecule has 1 aromatic carbocycles. The summed E-state index contributed by atoms with van der Waals surface area (Å²) in [5.41, 5.74) is 0.958. The van der Waals surface area contributed by atoms with Gasteiger partial charge in [0.15, 0.2) is 0 Å². The number of carbonyl (C=O) groups excluding carboxylic acids is 1. The minimum atomic E-state index is -0.579. The van der Waals surface area contributed by atoms with Gasteiger partial charge in [0.2, 0.25) is 0 Å². The van der Waals surface area contributed by atoms with Crippen molar-refractivity contribution in [3.05, 3.63) is 71.8 Å². The highest BCUT2D eigenvalue weighted by Gasteiger charge is 2.24. The Morgan fingerprint density at radius 3 is 2.90 bits per heavy atom. The number of halogens is 2. The summed E-state index contributed by atoms with van der Waals surface area (Å²) in [6.07, 6.45) is 7.41. The lowest BCUT2D eigenvalue weighted by atomic mass is 10.1. The minimum absolute atomic E-state index is 0. The van der Waals surface area contributed by atoms with Gasteiger partial charge in [0.1, 0.15) is 23.4 Å². The van der Waals surface area contributed by atoms with Gasteiger partial charge in [-0.15, -0.1) is 12.4 Å². The molecule has 3 aromatic rings. The maximum absolute atomic E-state index is 13.8. The molecule has 1 aliphatic heterocycles. The van der Waals surface area contributed by atoms with Crippen molar-refractivity contribution in [3.8, 4) is 0 Å². The molecule has 2 unspecified atom stereocenters. The van der Waals surface area contributed by atoms with E-state index in [1.165, 1.54) is 12.1 Å². The Labute approximate surface area is 174 Å². The van der Waals surface area contributed by atoms with E-state index in [-0.39, 0.29) is 30.2 Å². The highest BCUT2D eigenvalue weighted by molar-refractivity contribution is 5.92. The summed E-state index contributed by atoms with van der Waals surface area (Å²) in [6.45, 7) is 1.87. The number of piperidine rings is 1. The Kier molecular flexibility index (Phi) is 6.66. The van der Waals surface area contributed by atoms with Crippen LogP contribution in [0.4, 0.5) is 4.39 Å². The number of aromatic nitrogens is 4. The molecular formula is C20H24ClFN6O. The van der Waals surface area contributed by atoms with Crippen molar-refractivity contribution in [2.45, 2.75) is 24.9 Å². The Hall–Kier alpha value is -2.71. The number of amides is 1. The molecule has 0 aliphatic carbocycles. The molecule has 0 saturated carbocycles. The molecule has 29 heavy (non-hydrogen) atoms. The highest BCUT2D eigenvalue weighted by Crippen LogP contribution is 2.22. The number of hydrogen-bond acceptors (Lipinski definition) is 4. The summed E-state index contributed by atoms with van der Waals surface area (Å²) in [5, 5.41) is 10.8. The number of imidazole rings is 1. The van der Waals surface area contributed by atoms with Crippen LogP contribution in [0.5, 0.6) is 0 Å². The normalized spacial score (nSPS) is 17.4. The van der Waals surface area contributed by atoms with Crippen LogP contribution in [0.3, 0.4) is 0 Å². The van der Waals surface area contributed by atoms with Gasteiger partial charge in [-0.2, -0.15) is 5.10 Å². The third kappa shape index (κ3) is 4.65. The largest absolute Gasteiger partial charge is 0.337 e. The molecule has 0 radical (unpaired) electrons. The van der Waals surface area contributed by atoms with Crippen LogP contribution in [0.25, 0.3) is 0 Å². The quantitative estimate of drug-likeness (QED) is 0.667. The molecule has 2 aromatic heterocycles. The van der Waals surface area contributed by atoms with Crippen LogP contribution in [0.2, 0.25) is 0 Å². The van der Waals surface area contributed by atoms with Gasteiger partial charge in [-0.3, -0.25) is 9.48 Å². The molecule has 1 saturated heterocycles. The molecule has 0 bridgehead atoms. The molecular weight excluding hydrogens is 395 g/mol. The molecule has 2 N–H and O–H groups in total. The average Bonchev–Trinajstić information content (AvgIpc) is 3.36. The van der Waals surface area contributed by atoms with E-state index < -0.39 is 6.04 Å². The van der Waals surface area contributed by atoms with Gasteiger partial charge in [0, 0.05) is 32.2 Å². The lowest BCUT2D eigenvalue weighted by Gasteiger charge is -2.23. The monoisotopic (exact) mass is 418 g/mol. The maximum atomic E-state index is 13.8. The summed E-state index contributed by atoms with van der Waals surface area (Å²) < 4.78 is 17.4. The fourth-order valence-electron chi connectivity index (χ4n) is 3.57. The van der Waals surface area contributed by atoms with Crippen molar-refractivity contribution in [2.75, 3.05) is 13.1 Å². The predicted octanol–water partition coefficient (Wildman–Crippen LogP) is 2.62. The SMILES string of the molecule is Cl.Cn1ccnc1C(NC(=O)c1ccn(C2CCCNC2)n1)c1cccc(F)c1. The third-order valence-electron chi connectivity index (χ3n) is 5.06. The standard InChI is InChI=1S/C20H23FN6O.ClH/c1-26-11-9-23-19(26)18(14-4-2-5-15(21)12-14)24-20(28)17-7-10-27(25-17)16-6-3-8-22-13-16;/h2,4-5,7,9-12,16,18,22H,3,6,8,13H2,1H3,(H,24,28);1H. The smallest absolute Gasteiger partial charge is 0.272 e. The Morgan fingerprint density at radius 1 is 1.34 bits per heavy atom. The van der Waals surface area contributed by atoms with Crippen LogP contribution in [0, 0.1) is 5.82 Å². The zero-order chi connectivity index (χ0) is 19.5. The van der Waals surface area contributed by atoms with Crippen molar-refractivity contribution in [3.63, 3.8) is 0 Å². The zero-order valence-corrected chi connectivity index (χ0v) is 16.9. The summed E-state index contributed by atoms with van der Waals surface area (Å²) in [7, 11) is 1.84. The van der Waals surface area contributed by atoms with Gasteiger partial charge in [-0.05, 0) is 43.1 Å². The summed E-state index contributed by atoms with van der Waals surface area (Å²) >= 11 is 0. The van der Waals surface area contributed by atoms with Crippen LogP contribution in [-0.2, 0) is 7.05 Å². The van der Waals surface area contributed by atoms with E-state index in [4.69, 9.17) is 0 Å². The number of rotatable bonds is 5. The first kappa shape index (κ1) is 21.0. The molecule has 154 valence electrons. The van der Waals surface area contributed by atoms with E-state index in [2.05, 4.69) is 20.7 Å². The summed E-state index contributed by atoms with van der Waals surface area (Å²) in [6, 6.07) is 7.57. The van der Waals surface area contributed by atoms with Crippen LogP contribution < -0.4 is 10.6 Å². The molecule has 1 amide bonds. The first-order valence-electron chi connectivity index (χ1n) is 9.41. The van der Waals surface area contributed by atoms with Crippen molar-refractivity contribution in [1.82, 2.24) is 30.0 Å². The number of carbonyl (C=O) groups is 1. The number of benzene rings is 1. The van der Waals surface area contributed by atoms with E-state index in [1.54, 1.807) is 30.6 Å². The first-order chi connectivity index (χ1) is 13.6. The van der Waals surface area contributed by atoms with Crippen LogP contribution >= 0.6 is 12.4 Å². The fraction of sp³-hybridized carbons (Fsp3) is 0.350. The minimum Gasteiger partial charge on any atom is -0.337 e. The molecule has 7 nitrogen and oxygen atoms in total. The molecule has 2 atom stereocenters. The predicted molar refractivity (Wildman–Crippen MR) is 110 cm³/mol. The van der Waals surface area contributed by atoms with Gasteiger partial charge in [-0.1, -0.05) is 12.1 Å².